The van der Waals surface area contributed by atoms with Crippen molar-refractivity contribution in [2.75, 3.05) is 0 Å². The molecule has 0 aliphatic rings. The molecule has 1 aromatic heterocycles. The second-order valence-electron chi connectivity index (χ2n) is 0.924. The molecule has 1 atom stereocenters. The Balaban J connectivity index is 3.05. The largest absolute Gasteiger partial charge is 0.364 e. The van der Waals surface area contributed by atoms with E-state index in [9.17, 15) is 0 Å². The Hall–Kier alpha value is -0.360. The Morgan fingerprint density at radius 3 is 2.83 bits per heavy atom. The van der Waals surface area contributed by atoms with Gasteiger partial charge in [0.1, 0.15) is 6.26 Å². The van der Waals surface area contributed by atoms with Crippen molar-refractivity contribution < 1.29 is 4.52 Å². The maximum Gasteiger partial charge on any atom is 0.124 e. The van der Waals surface area contributed by atoms with Crippen LogP contribution in [0.4, 0.5) is 0 Å². The van der Waals surface area contributed by atoms with Gasteiger partial charge in [0.25, 0.3) is 0 Å². The van der Waals surface area contributed by atoms with Gasteiger partial charge in [-0.3, -0.25) is 0 Å². The molecule has 0 saturated heterocycles. The van der Waals surface area contributed by atoms with Crippen LogP contribution in [0.5, 0.6) is 0 Å². The minimum Gasteiger partial charge on any atom is -0.364 e. The van der Waals surface area contributed by atoms with E-state index in [1.807, 2.05) is 0 Å². The van der Waals surface area contributed by atoms with E-state index >= 15 is 0 Å². The molecular formula is C3H4NOP. The first-order chi connectivity index (χ1) is 2.89. The molecule has 0 fully saturated rings. The number of hydrogen-bond acceptors (Lipinski definition) is 2. The van der Waals surface area contributed by atoms with Gasteiger partial charge >= 0.3 is 0 Å². The van der Waals surface area contributed by atoms with Gasteiger partial charge in [0.2, 0.25) is 0 Å². The van der Waals surface area contributed by atoms with Gasteiger partial charge in [-0.2, -0.15) is 0 Å². The SMILES string of the molecule is Pc1ccon1. The molecule has 0 aliphatic heterocycles. The molecule has 0 amide bonds. The Morgan fingerprint density at radius 1 is 1.83 bits per heavy atom. The van der Waals surface area contributed by atoms with Crippen LogP contribution < -0.4 is 5.44 Å². The first-order valence-corrected chi connectivity index (χ1v) is 2.13. The van der Waals surface area contributed by atoms with Crippen molar-refractivity contribution in [3.63, 3.8) is 0 Å². The van der Waals surface area contributed by atoms with E-state index in [1.165, 1.54) is 6.26 Å². The third-order valence-electron chi connectivity index (χ3n) is 0.458. The number of aromatic nitrogens is 1. The summed E-state index contributed by atoms with van der Waals surface area (Å²) in [5.74, 6) is 0. The molecule has 0 spiro atoms. The Labute approximate surface area is 37.7 Å². The molecule has 0 saturated carbocycles. The van der Waals surface area contributed by atoms with Crippen LogP contribution in [0.3, 0.4) is 0 Å². The number of hydrogen-bond donors (Lipinski definition) is 0. The summed E-state index contributed by atoms with van der Waals surface area (Å²) < 4.78 is 4.44. The van der Waals surface area contributed by atoms with Crippen LogP contribution in [-0.4, -0.2) is 5.16 Å². The van der Waals surface area contributed by atoms with Gasteiger partial charge in [-0.15, -0.1) is 0 Å². The first-order valence-electron chi connectivity index (χ1n) is 1.55. The predicted molar refractivity (Wildman–Crippen MR) is 25.8 cm³/mol. The number of rotatable bonds is 0. The lowest BCUT2D eigenvalue weighted by molar-refractivity contribution is 0.425. The summed E-state index contributed by atoms with van der Waals surface area (Å²) in [5, 5.41) is 3.50. The first kappa shape index (κ1) is 3.82. The molecule has 0 aliphatic carbocycles. The van der Waals surface area contributed by atoms with E-state index in [4.69, 9.17) is 0 Å². The minimum atomic E-state index is 0.843. The maximum atomic E-state index is 4.44. The lowest BCUT2D eigenvalue weighted by atomic mass is 10.8. The van der Waals surface area contributed by atoms with Gasteiger partial charge in [-0.1, -0.05) is 14.4 Å². The zero-order chi connectivity index (χ0) is 4.41. The highest BCUT2D eigenvalue weighted by Gasteiger charge is 1.78. The van der Waals surface area contributed by atoms with Gasteiger partial charge in [0.05, 0.1) is 5.44 Å². The molecule has 1 aromatic rings. The Morgan fingerprint density at radius 2 is 2.67 bits per heavy atom. The lowest BCUT2D eigenvalue weighted by Crippen LogP contribution is -1.83. The highest BCUT2D eigenvalue weighted by atomic mass is 31.0. The molecule has 1 rings (SSSR count). The van der Waals surface area contributed by atoms with Crippen molar-refractivity contribution in [2.24, 2.45) is 0 Å². The van der Waals surface area contributed by atoms with Crippen molar-refractivity contribution in [1.29, 1.82) is 0 Å². The quantitative estimate of drug-likeness (QED) is 0.435. The van der Waals surface area contributed by atoms with E-state index in [2.05, 4.69) is 18.9 Å². The normalized spacial score (nSPS) is 8.83. The number of nitrogens with zero attached hydrogens (tertiary/aromatic N) is 1. The van der Waals surface area contributed by atoms with Crippen LogP contribution in [0.1, 0.15) is 0 Å². The molecule has 32 valence electrons. The molecule has 1 heterocycles. The molecule has 6 heavy (non-hydrogen) atoms. The molecule has 0 radical (unpaired) electrons. The summed E-state index contributed by atoms with van der Waals surface area (Å²) in [6.07, 6.45) is 1.53. The molecule has 3 heteroatoms. The Bertz CT molecular complexity index is 114. The summed E-state index contributed by atoms with van der Waals surface area (Å²) >= 11 is 0. The van der Waals surface area contributed by atoms with Gasteiger partial charge < -0.3 is 4.52 Å². The molecule has 0 aromatic carbocycles. The fourth-order valence-corrected chi connectivity index (χ4v) is 0.361. The van der Waals surface area contributed by atoms with Crippen molar-refractivity contribution >= 4 is 14.7 Å². The zero-order valence-corrected chi connectivity index (χ0v) is 4.24. The average Bonchev–Trinajstić information content (AvgIpc) is 1.86. The lowest BCUT2D eigenvalue weighted by Gasteiger charge is -1.62. The van der Waals surface area contributed by atoms with Crippen LogP contribution in [0.2, 0.25) is 0 Å². The third kappa shape index (κ3) is 0.575. The van der Waals surface area contributed by atoms with Gasteiger partial charge in [0.15, 0.2) is 0 Å². The monoisotopic (exact) mass is 101 g/mol. The summed E-state index contributed by atoms with van der Waals surface area (Å²) in [6, 6.07) is 1.77. The summed E-state index contributed by atoms with van der Waals surface area (Å²) in [4.78, 5) is 0. The van der Waals surface area contributed by atoms with Crippen LogP contribution in [0, 0.1) is 0 Å². The van der Waals surface area contributed by atoms with E-state index in [1.54, 1.807) is 6.07 Å². The van der Waals surface area contributed by atoms with E-state index < -0.39 is 0 Å². The van der Waals surface area contributed by atoms with E-state index in [0.717, 1.165) is 5.44 Å². The second kappa shape index (κ2) is 1.39. The van der Waals surface area contributed by atoms with E-state index in [0.29, 0.717) is 0 Å². The zero-order valence-electron chi connectivity index (χ0n) is 3.09. The third-order valence-corrected chi connectivity index (χ3v) is 0.756. The van der Waals surface area contributed by atoms with E-state index in [-0.39, 0.29) is 0 Å². The Kier molecular flexibility index (Phi) is 0.887. The second-order valence-corrected chi connectivity index (χ2v) is 1.52. The topological polar surface area (TPSA) is 26.0 Å². The highest BCUT2D eigenvalue weighted by molar-refractivity contribution is 7.26. The van der Waals surface area contributed by atoms with Gasteiger partial charge in [0, 0.05) is 6.07 Å². The van der Waals surface area contributed by atoms with Crippen molar-refractivity contribution in [2.45, 2.75) is 0 Å². The molecule has 1 unspecified atom stereocenters. The van der Waals surface area contributed by atoms with Gasteiger partial charge in [-0.05, 0) is 0 Å². The molecular weight excluding hydrogens is 97.0 g/mol. The van der Waals surface area contributed by atoms with Crippen molar-refractivity contribution in [3.8, 4) is 0 Å². The maximum absolute atomic E-state index is 4.44. The predicted octanol–water partition coefficient (Wildman–Crippen LogP) is 0.175. The highest BCUT2D eigenvalue weighted by Crippen LogP contribution is 1.80. The molecule has 0 N–H and O–H groups in total. The summed E-state index contributed by atoms with van der Waals surface area (Å²) in [6.45, 7) is 0. The summed E-state index contributed by atoms with van der Waals surface area (Å²) in [5.41, 5.74) is 0.843. The molecule has 0 bridgehead atoms. The van der Waals surface area contributed by atoms with Crippen LogP contribution in [0.25, 0.3) is 0 Å². The van der Waals surface area contributed by atoms with Crippen LogP contribution in [-0.2, 0) is 0 Å². The fourth-order valence-electron chi connectivity index (χ4n) is 0.222. The van der Waals surface area contributed by atoms with Crippen LogP contribution >= 0.6 is 9.24 Å². The summed E-state index contributed by atoms with van der Waals surface area (Å²) in [7, 11) is 2.41. The average molecular weight is 101 g/mol. The smallest absolute Gasteiger partial charge is 0.124 e. The van der Waals surface area contributed by atoms with Crippen LogP contribution in [0.15, 0.2) is 16.9 Å². The molecule has 2 nitrogen and oxygen atoms in total. The van der Waals surface area contributed by atoms with Gasteiger partial charge in [-0.25, -0.2) is 0 Å². The van der Waals surface area contributed by atoms with Crippen molar-refractivity contribution in [1.82, 2.24) is 5.16 Å². The standard InChI is InChI=1S/C3H4NOP/c6-3-1-2-5-4-3/h1-2H,6H2. The fraction of sp³-hybridized carbons (Fsp3) is 0. The minimum absolute atomic E-state index is 0.843. The van der Waals surface area contributed by atoms with Crippen molar-refractivity contribution in [3.05, 3.63) is 12.3 Å².